The maximum atomic E-state index is 11.6. The molecule has 0 spiro atoms. The lowest BCUT2D eigenvalue weighted by Gasteiger charge is -2.13. The molecule has 1 aromatic carbocycles. The number of nitrogen functional groups attached to an aromatic ring is 1. The molecule has 0 aliphatic carbocycles. The van der Waals surface area contributed by atoms with Crippen LogP contribution in [0.15, 0.2) is 30.9 Å². The number of carbonyl (C=O) groups is 2. The largest absolute Gasteiger partial charge is 0.466 e. The van der Waals surface area contributed by atoms with Crippen LogP contribution in [0, 0.1) is 0 Å². The van der Waals surface area contributed by atoms with Crippen LogP contribution in [0.1, 0.15) is 18.9 Å². The molecule has 0 radical (unpaired) electrons. The Hall–Kier alpha value is -2.50. The minimum Gasteiger partial charge on any atom is -0.466 e. The smallest absolute Gasteiger partial charge is 0.412 e. The van der Waals surface area contributed by atoms with Crippen molar-refractivity contribution in [2.24, 2.45) is 0 Å². The minimum atomic E-state index is -0.620. The van der Waals surface area contributed by atoms with Crippen LogP contribution in [0.25, 0.3) is 0 Å². The van der Waals surface area contributed by atoms with Gasteiger partial charge in [-0.15, -0.1) is 0 Å². The quantitative estimate of drug-likeness (QED) is 0.458. The predicted molar refractivity (Wildman–Crippen MR) is 81.0 cm³/mol. The Morgan fingerprint density at radius 3 is 2.81 bits per heavy atom. The molecule has 114 valence electrons. The first-order valence-corrected chi connectivity index (χ1v) is 6.66. The van der Waals surface area contributed by atoms with E-state index >= 15 is 0 Å². The monoisotopic (exact) mass is 292 g/mol. The minimum absolute atomic E-state index is 0.108. The number of carbonyl (C=O) groups excluding carboxylic acids is 2. The number of ether oxygens (including phenoxy) is 2. The van der Waals surface area contributed by atoms with E-state index in [9.17, 15) is 9.59 Å². The number of anilines is 2. The summed E-state index contributed by atoms with van der Waals surface area (Å²) in [6, 6.07) is 5.21. The Labute approximate surface area is 123 Å². The summed E-state index contributed by atoms with van der Waals surface area (Å²) >= 11 is 0. The summed E-state index contributed by atoms with van der Waals surface area (Å²) in [5.41, 5.74) is 7.47. The lowest BCUT2D eigenvalue weighted by Crippen LogP contribution is -2.16. The zero-order valence-electron chi connectivity index (χ0n) is 12.1. The molecule has 0 fully saturated rings. The molecular formula is C15H20N2O4. The van der Waals surface area contributed by atoms with Crippen molar-refractivity contribution < 1.29 is 19.1 Å². The molecule has 6 heteroatoms. The van der Waals surface area contributed by atoms with Gasteiger partial charge in [-0.05, 0) is 25.0 Å². The standard InChI is InChI=1S/C15H20N2O4/c1-3-10-21-15(19)17-14-11(6-5-7-12(14)16)8-9-13(18)20-4-2/h3,5-7H,1,4,8-10,16H2,2H3,(H,17,19). The van der Waals surface area contributed by atoms with Gasteiger partial charge in [-0.2, -0.15) is 0 Å². The number of hydrogen-bond donors (Lipinski definition) is 2. The summed E-state index contributed by atoms with van der Waals surface area (Å²) in [5, 5.41) is 2.58. The highest BCUT2D eigenvalue weighted by Crippen LogP contribution is 2.25. The molecule has 0 saturated heterocycles. The van der Waals surface area contributed by atoms with Gasteiger partial charge in [-0.3, -0.25) is 10.1 Å². The second-order valence-electron chi connectivity index (χ2n) is 4.20. The predicted octanol–water partition coefficient (Wildman–Crippen LogP) is 2.50. The van der Waals surface area contributed by atoms with Crippen LogP contribution in [-0.4, -0.2) is 25.3 Å². The number of nitrogens with one attached hydrogen (secondary N) is 1. The van der Waals surface area contributed by atoms with Crippen LogP contribution in [0.4, 0.5) is 16.2 Å². The van der Waals surface area contributed by atoms with Crippen LogP contribution < -0.4 is 11.1 Å². The van der Waals surface area contributed by atoms with E-state index in [2.05, 4.69) is 11.9 Å². The van der Waals surface area contributed by atoms with Crippen LogP contribution in [0.5, 0.6) is 0 Å². The molecule has 0 saturated carbocycles. The van der Waals surface area contributed by atoms with E-state index in [4.69, 9.17) is 15.2 Å². The fourth-order valence-electron chi connectivity index (χ4n) is 1.72. The van der Waals surface area contributed by atoms with Crippen molar-refractivity contribution in [1.82, 2.24) is 0 Å². The first kappa shape index (κ1) is 16.6. The molecule has 0 atom stereocenters. The Bertz CT molecular complexity index is 514. The van der Waals surface area contributed by atoms with Crippen molar-refractivity contribution >= 4 is 23.4 Å². The highest BCUT2D eigenvalue weighted by atomic mass is 16.5. The number of benzene rings is 1. The topological polar surface area (TPSA) is 90.6 Å². The van der Waals surface area contributed by atoms with Gasteiger partial charge in [0.25, 0.3) is 0 Å². The summed E-state index contributed by atoms with van der Waals surface area (Å²) in [6.07, 6.45) is 1.48. The molecule has 21 heavy (non-hydrogen) atoms. The van der Waals surface area contributed by atoms with Gasteiger partial charge in [0.1, 0.15) is 6.61 Å². The summed E-state index contributed by atoms with van der Waals surface area (Å²) in [4.78, 5) is 23.0. The molecule has 0 unspecified atom stereocenters. The van der Waals surface area contributed by atoms with Crippen molar-refractivity contribution in [2.45, 2.75) is 19.8 Å². The third-order valence-electron chi connectivity index (χ3n) is 2.65. The molecular weight excluding hydrogens is 272 g/mol. The first-order chi connectivity index (χ1) is 10.1. The van der Waals surface area contributed by atoms with Gasteiger partial charge >= 0.3 is 12.1 Å². The average molecular weight is 292 g/mol. The average Bonchev–Trinajstić information content (AvgIpc) is 2.46. The van der Waals surface area contributed by atoms with Gasteiger partial charge in [0.2, 0.25) is 0 Å². The van der Waals surface area contributed by atoms with Gasteiger partial charge in [-0.1, -0.05) is 24.8 Å². The lowest BCUT2D eigenvalue weighted by atomic mass is 10.1. The Morgan fingerprint density at radius 2 is 2.14 bits per heavy atom. The van der Waals surface area contributed by atoms with E-state index < -0.39 is 6.09 Å². The Morgan fingerprint density at radius 1 is 1.38 bits per heavy atom. The van der Waals surface area contributed by atoms with Crippen molar-refractivity contribution in [3.05, 3.63) is 36.4 Å². The van der Waals surface area contributed by atoms with Crippen LogP contribution in [0.2, 0.25) is 0 Å². The molecule has 0 heterocycles. The summed E-state index contributed by atoms with van der Waals surface area (Å²) in [6.45, 7) is 5.66. The van der Waals surface area contributed by atoms with Crippen LogP contribution in [-0.2, 0) is 20.7 Å². The normalized spacial score (nSPS) is 9.76. The van der Waals surface area contributed by atoms with E-state index in [-0.39, 0.29) is 19.0 Å². The number of aryl methyl sites for hydroxylation is 1. The van der Waals surface area contributed by atoms with Gasteiger partial charge in [0.05, 0.1) is 18.0 Å². The molecule has 0 aromatic heterocycles. The fourth-order valence-corrected chi connectivity index (χ4v) is 1.72. The SMILES string of the molecule is C=CCOC(=O)Nc1c(N)cccc1CCC(=O)OCC. The summed E-state index contributed by atoms with van der Waals surface area (Å²) in [7, 11) is 0. The molecule has 1 aromatic rings. The van der Waals surface area contributed by atoms with Gasteiger partial charge in [-0.25, -0.2) is 4.79 Å². The fraction of sp³-hybridized carbons (Fsp3) is 0.333. The van der Waals surface area contributed by atoms with E-state index in [0.29, 0.717) is 24.4 Å². The second-order valence-corrected chi connectivity index (χ2v) is 4.20. The molecule has 6 nitrogen and oxygen atoms in total. The van der Waals surface area contributed by atoms with Crippen molar-refractivity contribution in [2.75, 3.05) is 24.3 Å². The molecule has 0 bridgehead atoms. The number of hydrogen-bond acceptors (Lipinski definition) is 5. The van der Waals surface area contributed by atoms with Crippen molar-refractivity contribution in [3.8, 4) is 0 Å². The molecule has 1 rings (SSSR count). The third kappa shape index (κ3) is 5.56. The molecule has 0 aliphatic rings. The van der Waals surface area contributed by atoms with E-state index in [1.54, 1.807) is 25.1 Å². The number of rotatable bonds is 7. The van der Waals surface area contributed by atoms with E-state index in [1.165, 1.54) is 6.08 Å². The van der Waals surface area contributed by atoms with Gasteiger partial charge in [0.15, 0.2) is 0 Å². The Kier molecular flexibility index (Phi) is 6.80. The second kappa shape index (κ2) is 8.63. The third-order valence-corrected chi connectivity index (χ3v) is 2.65. The van der Waals surface area contributed by atoms with Crippen LogP contribution in [0.3, 0.4) is 0 Å². The number of para-hydroxylation sites is 1. The highest BCUT2D eigenvalue weighted by Gasteiger charge is 2.12. The zero-order valence-corrected chi connectivity index (χ0v) is 12.1. The van der Waals surface area contributed by atoms with Crippen molar-refractivity contribution in [1.29, 1.82) is 0 Å². The number of esters is 1. The number of amides is 1. The summed E-state index contributed by atoms with van der Waals surface area (Å²) < 4.78 is 9.73. The highest BCUT2D eigenvalue weighted by molar-refractivity contribution is 5.90. The lowest BCUT2D eigenvalue weighted by molar-refractivity contribution is -0.143. The molecule has 0 aliphatic heterocycles. The van der Waals surface area contributed by atoms with Crippen LogP contribution >= 0.6 is 0 Å². The maximum absolute atomic E-state index is 11.6. The molecule has 3 N–H and O–H groups in total. The van der Waals surface area contributed by atoms with Gasteiger partial charge in [0, 0.05) is 6.42 Å². The van der Waals surface area contributed by atoms with Gasteiger partial charge < -0.3 is 15.2 Å². The summed E-state index contributed by atoms with van der Waals surface area (Å²) in [5.74, 6) is -0.292. The maximum Gasteiger partial charge on any atom is 0.412 e. The van der Waals surface area contributed by atoms with E-state index in [0.717, 1.165) is 5.56 Å². The number of nitrogens with two attached hydrogens (primary N) is 1. The zero-order chi connectivity index (χ0) is 15.7. The van der Waals surface area contributed by atoms with E-state index in [1.807, 2.05) is 0 Å². The molecule has 1 amide bonds. The first-order valence-electron chi connectivity index (χ1n) is 6.66. The van der Waals surface area contributed by atoms with Crippen molar-refractivity contribution in [3.63, 3.8) is 0 Å². The Balaban J connectivity index is 2.75.